The summed E-state index contributed by atoms with van der Waals surface area (Å²) in [6.07, 6.45) is 1.89. The van der Waals surface area contributed by atoms with Crippen LogP contribution in [0.25, 0.3) is 11.3 Å². The lowest BCUT2D eigenvalue weighted by Crippen LogP contribution is -2.46. The van der Waals surface area contributed by atoms with E-state index in [1.54, 1.807) is 6.07 Å². The average Bonchev–Trinajstić information content (AvgIpc) is 3.12. The van der Waals surface area contributed by atoms with Gasteiger partial charge in [0.2, 0.25) is 0 Å². The Morgan fingerprint density at radius 2 is 1.56 bits per heavy atom. The Kier molecular flexibility index (Phi) is 7.66. The van der Waals surface area contributed by atoms with Gasteiger partial charge in [-0.3, -0.25) is 4.90 Å². The summed E-state index contributed by atoms with van der Waals surface area (Å²) >= 11 is 0. The molecule has 27 heavy (non-hydrogen) atoms. The molecule has 144 valence electrons. The smallest absolute Gasteiger partial charge is 0.146 e. The fourth-order valence-corrected chi connectivity index (χ4v) is 3.27. The van der Waals surface area contributed by atoms with Gasteiger partial charge in [-0.15, -0.1) is 24.8 Å². The van der Waals surface area contributed by atoms with E-state index < -0.39 is 0 Å². The van der Waals surface area contributed by atoms with E-state index in [1.165, 1.54) is 6.07 Å². The molecule has 0 saturated carbocycles. The maximum atomic E-state index is 13.9. The molecule has 1 aliphatic heterocycles. The number of aromatic amines is 1. The van der Waals surface area contributed by atoms with Crippen LogP contribution >= 0.6 is 24.8 Å². The van der Waals surface area contributed by atoms with E-state index in [-0.39, 0.29) is 30.6 Å². The lowest BCUT2D eigenvalue weighted by molar-refractivity contribution is 0.244. The van der Waals surface area contributed by atoms with Crippen LogP contribution in [0.1, 0.15) is 5.82 Å². The summed E-state index contributed by atoms with van der Waals surface area (Å²) < 4.78 is 13.9. The number of hydrogen-bond donors (Lipinski definition) is 1. The molecule has 1 N–H and O–H groups in total. The minimum atomic E-state index is -0.144. The summed E-state index contributed by atoms with van der Waals surface area (Å²) in [7, 11) is 0. The molecule has 4 rings (SSSR count). The molecule has 1 fully saturated rings. The maximum Gasteiger partial charge on any atom is 0.146 e. The molecule has 1 aliphatic rings. The molecular weight excluding hydrogens is 386 g/mol. The number of imidazole rings is 1. The van der Waals surface area contributed by atoms with E-state index in [4.69, 9.17) is 0 Å². The van der Waals surface area contributed by atoms with Gasteiger partial charge in [-0.2, -0.15) is 0 Å². The Hall–Kier alpha value is -2.08. The van der Waals surface area contributed by atoms with E-state index in [2.05, 4.69) is 31.9 Å². The second kappa shape index (κ2) is 9.74. The molecule has 2 heterocycles. The van der Waals surface area contributed by atoms with E-state index >= 15 is 0 Å². The average molecular weight is 409 g/mol. The van der Waals surface area contributed by atoms with Crippen LogP contribution in [-0.2, 0) is 6.54 Å². The van der Waals surface area contributed by atoms with Crippen LogP contribution in [0.4, 0.5) is 10.1 Å². The molecule has 1 saturated heterocycles. The molecule has 4 nitrogen and oxygen atoms in total. The summed E-state index contributed by atoms with van der Waals surface area (Å²) in [5.74, 6) is 0.827. The molecule has 0 aliphatic carbocycles. The summed E-state index contributed by atoms with van der Waals surface area (Å²) in [6, 6.07) is 17.2. The van der Waals surface area contributed by atoms with Crippen molar-refractivity contribution in [2.75, 3.05) is 31.1 Å². The van der Waals surface area contributed by atoms with Crippen LogP contribution in [0, 0.1) is 5.82 Å². The van der Waals surface area contributed by atoms with Crippen molar-refractivity contribution < 1.29 is 4.39 Å². The van der Waals surface area contributed by atoms with Crippen molar-refractivity contribution >= 4 is 30.5 Å². The van der Waals surface area contributed by atoms with Gasteiger partial charge in [0.1, 0.15) is 11.6 Å². The molecule has 0 amide bonds. The van der Waals surface area contributed by atoms with Gasteiger partial charge in [0.25, 0.3) is 0 Å². The number of para-hydroxylation sites is 1. The van der Waals surface area contributed by atoms with Crippen LogP contribution < -0.4 is 4.90 Å². The quantitative estimate of drug-likeness (QED) is 0.695. The molecule has 2 aromatic carbocycles. The van der Waals surface area contributed by atoms with Gasteiger partial charge in [0.15, 0.2) is 0 Å². The predicted octanol–water partition coefficient (Wildman–Crippen LogP) is 4.38. The highest BCUT2D eigenvalue weighted by molar-refractivity contribution is 5.85. The van der Waals surface area contributed by atoms with Crippen LogP contribution in [-0.4, -0.2) is 41.0 Å². The Balaban J connectivity index is 0.00000131. The van der Waals surface area contributed by atoms with Crippen LogP contribution in [0.15, 0.2) is 60.8 Å². The first kappa shape index (κ1) is 21.2. The topological polar surface area (TPSA) is 35.2 Å². The van der Waals surface area contributed by atoms with E-state index in [1.807, 2.05) is 36.5 Å². The maximum absolute atomic E-state index is 13.9. The van der Waals surface area contributed by atoms with Gasteiger partial charge >= 0.3 is 0 Å². The Labute approximate surface area is 171 Å². The molecule has 0 bridgehead atoms. The first-order valence-corrected chi connectivity index (χ1v) is 8.61. The van der Waals surface area contributed by atoms with Crippen molar-refractivity contribution in [1.82, 2.24) is 14.9 Å². The molecule has 0 unspecified atom stereocenters. The molecule has 7 heteroatoms. The number of aromatic nitrogens is 2. The number of hydrogen-bond acceptors (Lipinski definition) is 3. The van der Waals surface area contributed by atoms with Crippen molar-refractivity contribution in [2.24, 2.45) is 0 Å². The zero-order valence-corrected chi connectivity index (χ0v) is 16.5. The Morgan fingerprint density at radius 3 is 2.26 bits per heavy atom. The minimum Gasteiger partial charge on any atom is -0.367 e. The van der Waals surface area contributed by atoms with Crippen LogP contribution in [0.5, 0.6) is 0 Å². The SMILES string of the molecule is Cl.Cl.Fc1ccccc1N1CCN(Cc2ncc(-c3ccccc3)[nH]2)CC1. The van der Waals surface area contributed by atoms with E-state index in [0.717, 1.165) is 49.8 Å². The standard InChI is InChI=1S/C20H21FN4.2ClH/c21-17-8-4-5-9-19(17)25-12-10-24(11-13-25)15-20-22-14-18(23-20)16-6-2-1-3-7-16;;/h1-9,14H,10-13,15H2,(H,22,23);2*1H. The highest BCUT2D eigenvalue weighted by Gasteiger charge is 2.20. The summed E-state index contributed by atoms with van der Waals surface area (Å²) in [4.78, 5) is 12.4. The van der Waals surface area contributed by atoms with Gasteiger partial charge in [-0.1, -0.05) is 42.5 Å². The van der Waals surface area contributed by atoms with E-state index in [9.17, 15) is 4.39 Å². The third-order valence-electron chi connectivity index (χ3n) is 4.65. The largest absolute Gasteiger partial charge is 0.367 e. The number of halogens is 3. The fourth-order valence-electron chi connectivity index (χ4n) is 3.27. The Bertz CT molecular complexity index is 833. The highest BCUT2D eigenvalue weighted by Crippen LogP contribution is 2.21. The number of benzene rings is 2. The third-order valence-corrected chi connectivity index (χ3v) is 4.65. The molecule has 3 aromatic rings. The number of nitrogens with zero attached hydrogens (tertiary/aromatic N) is 3. The lowest BCUT2D eigenvalue weighted by Gasteiger charge is -2.35. The van der Waals surface area contributed by atoms with Gasteiger partial charge in [0, 0.05) is 26.2 Å². The first-order valence-electron chi connectivity index (χ1n) is 8.61. The normalized spacial score (nSPS) is 14.3. The summed E-state index contributed by atoms with van der Waals surface area (Å²) in [5, 5.41) is 0. The second-order valence-electron chi connectivity index (χ2n) is 6.32. The van der Waals surface area contributed by atoms with Crippen molar-refractivity contribution in [3.63, 3.8) is 0 Å². The fraction of sp³-hybridized carbons (Fsp3) is 0.250. The number of nitrogens with one attached hydrogen (secondary N) is 1. The number of anilines is 1. The van der Waals surface area contributed by atoms with E-state index in [0.29, 0.717) is 5.69 Å². The summed E-state index contributed by atoms with van der Waals surface area (Å²) in [5.41, 5.74) is 2.89. The van der Waals surface area contributed by atoms with Crippen molar-refractivity contribution in [3.8, 4) is 11.3 Å². The second-order valence-corrected chi connectivity index (χ2v) is 6.32. The van der Waals surface area contributed by atoms with Crippen LogP contribution in [0.2, 0.25) is 0 Å². The Morgan fingerprint density at radius 1 is 0.889 bits per heavy atom. The van der Waals surface area contributed by atoms with Gasteiger partial charge in [-0.05, 0) is 17.7 Å². The molecule has 0 spiro atoms. The van der Waals surface area contributed by atoms with Gasteiger partial charge in [0.05, 0.1) is 24.1 Å². The molecule has 1 aromatic heterocycles. The minimum absolute atomic E-state index is 0. The monoisotopic (exact) mass is 408 g/mol. The van der Waals surface area contributed by atoms with Crippen LogP contribution in [0.3, 0.4) is 0 Å². The zero-order chi connectivity index (χ0) is 17.1. The third kappa shape index (κ3) is 5.01. The number of H-pyrrole nitrogens is 1. The number of rotatable bonds is 4. The predicted molar refractivity (Wildman–Crippen MR) is 112 cm³/mol. The lowest BCUT2D eigenvalue weighted by atomic mass is 10.2. The molecule has 0 radical (unpaired) electrons. The van der Waals surface area contributed by atoms with Crippen molar-refractivity contribution in [3.05, 3.63) is 72.4 Å². The van der Waals surface area contributed by atoms with Crippen molar-refractivity contribution in [1.29, 1.82) is 0 Å². The first-order chi connectivity index (χ1) is 12.3. The molecule has 0 atom stereocenters. The highest BCUT2D eigenvalue weighted by atomic mass is 35.5. The summed E-state index contributed by atoms with van der Waals surface area (Å²) in [6.45, 7) is 4.24. The zero-order valence-electron chi connectivity index (χ0n) is 14.8. The van der Waals surface area contributed by atoms with Gasteiger partial charge < -0.3 is 9.88 Å². The molecular formula is C20H23Cl2FN4. The van der Waals surface area contributed by atoms with Crippen molar-refractivity contribution in [2.45, 2.75) is 6.54 Å². The number of piperazine rings is 1. The van der Waals surface area contributed by atoms with Gasteiger partial charge in [-0.25, -0.2) is 9.37 Å².